The van der Waals surface area contributed by atoms with E-state index in [1.54, 1.807) is 20.8 Å². The molecule has 2 heterocycles. The molecular weight excluding hydrogens is 342 g/mol. The molecule has 0 aliphatic heterocycles. The van der Waals surface area contributed by atoms with Gasteiger partial charge in [-0.15, -0.1) is 0 Å². The number of carbonyl (C=O) groups is 2. The molecule has 0 aliphatic rings. The van der Waals surface area contributed by atoms with Gasteiger partial charge in [0.1, 0.15) is 5.75 Å². The lowest BCUT2D eigenvalue weighted by Crippen LogP contribution is -2.21. The molecule has 9 nitrogen and oxygen atoms in total. The molecule has 0 radical (unpaired) electrons. The minimum atomic E-state index is -1.13. The van der Waals surface area contributed by atoms with Crippen LogP contribution in [0.3, 0.4) is 0 Å². The van der Waals surface area contributed by atoms with E-state index >= 15 is 0 Å². The number of rotatable bonds is 7. The number of nitrogens with one attached hydrogen (secondary N) is 1. The first-order valence-electron chi connectivity index (χ1n) is 8.02. The summed E-state index contributed by atoms with van der Waals surface area (Å²) in [4.78, 5) is 37.2. The lowest BCUT2D eigenvalue weighted by molar-refractivity contribution is -0.138. The van der Waals surface area contributed by atoms with Crippen molar-refractivity contribution in [2.24, 2.45) is 0 Å². The molecule has 0 aliphatic carbocycles. The van der Waals surface area contributed by atoms with E-state index in [0.717, 1.165) is 0 Å². The fourth-order valence-electron chi connectivity index (χ4n) is 3.18. The Kier molecular flexibility index (Phi) is 5.49. The van der Waals surface area contributed by atoms with Crippen LogP contribution in [0.1, 0.15) is 47.0 Å². The first-order valence-corrected chi connectivity index (χ1v) is 8.02. The first-order chi connectivity index (χ1) is 12.1. The predicted octanol–water partition coefficient (Wildman–Crippen LogP) is 1.28. The average molecular weight is 363 g/mol. The molecular formula is C17H21N3O6. The summed E-state index contributed by atoms with van der Waals surface area (Å²) in [5.74, 6) is -3.30. The van der Waals surface area contributed by atoms with E-state index in [0.29, 0.717) is 22.6 Å². The van der Waals surface area contributed by atoms with Gasteiger partial charge in [-0.3, -0.25) is 19.1 Å². The van der Waals surface area contributed by atoms with E-state index in [2.05, 4.69) is 10.1 Å². The van der Waals surface area contributed by atoms with Crippen LogP contribution < -0.4 is 5.56 Å². The van der Waals surface area contributed by atoms with Crippen LogP contribution in [-0.2, 0) is 16.1 Å². The first kappa shape index (κ1) is 19.2. The molecule has 0 amide bonds. The van der Waals surface area contributed by atoms with E-state index in [1.165, 1.54) is 10.7 Å². The topological polar surface area (TPSA) is 146 Å². The number of carboxylic acid groups (broad SMARTS) is 2. The molecule has 9 heteroatoms. The normalized spacial score (nSPS) is 12.1. The zero-order valence-corrected chi connectivity index (χ0v) is 14.7. The van der Waals surface area contributed by atoms with Gasteiger partial charge in [0.15, 0.2) is 0 Å². The number of aryl methyl sites for hydroxylation is 3. The smallest absolute Gasteiger partial charge is 0.305 e. The lowest BCUT2D eigenvalue weighted by atomic mass is 9.87. The van der Waals surface area contributed by atoms with Gasteiger partial charge < -0.3 is 20.3 Å². The Morgan fingerprint density at radius 2 is 1.85 bits per heavy atom. The Bertz CT molecular complexity index is 912. The van der Waals surface area contributed by atoms with E-state index in [9.17, 15) is 24.6 Å². The molecule has 0 saturated heterocycles. The predicted molar refractivity (Wildman–Crippen MR) is 91.5 cm³/mol. The Morgan fingerprint density at radius 1 is 1.19 bits per heavy atom. The van der Waals surface area contributed by atoms with Crippen molar-refractivity contribution >= 4 is 11.9 Å². The van der Waals surface area contributed by atoms with Crippen LogP contribution in [-0.4, -0.2) is 42.0 Å². The van der Waals surface area contributed by atoms with Gasteiger partial charge in [-0.2, -0.15) is 5.10 Å². The molecule has 0 saturated carbocycles. The van der Waals surface area contributed by atoms with Gasteiger partial charge in [0.2, 0.25) is 0 Å². The van der Waals surface area contributed by atoms with Crippen molar-refractivity contribution in [3.8, 4) is 5.75 Å². The van der Waals surface area contributed by atoms with Crippen molar-refractivity contribution in [2.75, 3.05) is 0 Å². The van der Waals surface area contributed by atoms with E-state index < -0.39 is 29.8 Å². The molecule has 0 bridgehead atoms. The second-order valence-electron chi connectivity index (χ2n) is 6.18. The van der Waals surface area contributed by atoms with Crippen LogP contribution in [0.25, 0.3) is 0 Å². The second-order valence-corrected chi connectivity index (χ2v) is 6.18. The van der Waals surface area contributed by atoms with Crippen LogP contribution in [0.15, 0.2) is 10.9 Å². The fraction of sp³-hybridized carbons (Fsp3) is 0.412. The minimum Gasteiger partial charge on any atom is -0.507 e. The van der Waals surface area contributed by atoms with Crippen molar-refractivity contribution in [2.45, 2.75) is 46.1 Å². The summed E-state index contributed by atoms with van der Waals surface area (Å²) in [6.07, 6.45) is -0.548. The highest BCUT2D eigenvalue weighted by Crippen LogP contribution is 2.35. The second kappa shape index (κ2) is 7.42. The van der Waals surface area contributed by atoms with Gasteiger partial charge in [0, 0.05) is 22.9 Å². The zero-order valence-electron chi connectivity index (χ0n) is 14.7. The lowest BCUT2D eigenvalue weighted by Gasteiger charge is -2.17. The molecule has 0 unspecified atom stereocenters. The number of aliphatic carboxylic acids is 2. The highest BCUT2D eigenvalue weighted by Gasteiger charge is 2.29. The Balaban J connectivity index is 2.61. The highest BCUT2D eigenvalue weighted by molar-refractivity contribution is 5.70. The van der Waals surface area contributed by atoms with Gasteiger partial charge in [-0.25, -0.2) is 0 Å². The van der Waals surface area contributed by atoms with Crippen LogP contribution >= 0.6 is 0 Å². The van der Waals surface area contributed by atoms with Crippen LogP contribution in [0.2, 0.25) is 0 Å². The van der Waals surface area contributed by atoms with Crippen molar-refractivity contribution in [3.05, 3.63) is 44.6 Å². The van der Waals surface area contributed by atoms with Crippen LogP contribution in [0.5, 0.6) is 5.75 Å². The largest absolute Gasteiger partial charge is 0.507 e. The summed E-state index contributed by atoms with van der Waals surface area (Å²) in [7, 11) is 0. The summed E-state index contributed by atoms with van der Waals surface area (Å²) in [5, 5.41) is 32.7. The molecule has 0 fully saturated rings. The van der Waals surface area contributed by atoms with Crippen molar-refractivity contribution < 1.29 is 24.9 Å². The zero-order chi connectivity index (χ0) is 19.6. The Hall–Kier alpha value is -3.10. The van der Waals surface area contributed by atoms with E-state index in [-0.39, 0.29) is 24.3 Å². The molecule has 1 atom stereocenters. The molecule has 2 aromatic heterocycles. The summed E-state index contributed by atoms with van der Waals surface area (Å²) in [6.45, 7) is 5.08. The maximum atomic E-state index is 12.4. The average Bonchev–Trinajstić information content (AvgIpc) is 2.77. The summed E-state index contributed by atoms with van der Waals surface area (Å²) < 4.78 is 1.48. The number of pyridine rings is 1. The molecule has 4 N–H and O–H groups in total. The van der Waals surface area contributed by atoms with Crippen molar-refractivity contribution in [1.82, 2.24) is 14.8 Å². The Labute approximate surface area is 148 Å². The highest BCUT2D eigenvalue weighted by atomic mass is 16.4. The molecule has 0 aromatic carbocycles. The molecule has 2 rings (SSSR count). The standard InChI is InChI=1S/C17H21N3O6/c1-8-6-12(21)16(17(26)18-8)11(7-14(24)25)15-9(2)19-20(10(15)3)5-4-13(22)23/h6,11H,4-5,7H2,1-3H3,(H,22,23)(H,24,25)(H2,18,21,26)/t11-/m1/s1. The number of hydrogen-bond acceptors (Lipinski definition) is 5. The maximum Gasteiger partial charge on any atom is 0.305 e. The molecule has 140 valence electrons. The number of nitrogens with zero attached hydrogens (tertiary/aromatic N) is 2. The van der Waals surface area contributed by atoms with Crippen molar-refractivity contribution in [1.29, 1.82) is 0 Å². The summed E-state index contributed by atoms with van der Waals surface area (Å²) >= 11 is 0. The maximum absolute atomic E-state index is 12.4. The molecule has 2 aromatic rings. The third kappa shape index (κ3) is 3.93. The van der Waals surface area contributed by atoms with E-state index in [4.69, 9.17) is 5.11 Å². The van der Waals surface area contributed by atoms with Gasteiger partial charge in [-0.1, -0.05) is 0 Å². The van der Waals surface area contributed by atoms with Gasteiger partial charge >= 0.3 is 11.9 Å². The summed E-state index contributed by atoms with van der Waals surface area (Å²) in [5.41, 5.74) is 1.40. The molecule has 26 heavy (non-hydrogen) atoms. The van der Waals surface area contributed by atoms with Gasteiger partial charge in [0.25, 0.3) is 5.56 Å². The third-order valence-electron chi connectivity index (χ3n) is 4.24. The summed E-state index contributed by atoms with van der Waals surface area (Å²) in [6, 6.07) is 1.37. The number of aromatic nitrogens is 3. The van der Waals surface area contributed by atoms with Crippen LogP contribution in [0, 0.1) is 20.8 Å². The number of hydrogen-bond donors (Lipinski definition) is 4. The van der Waals surface area contributed by atoms with E-state index in [1.807, 2.05) is 0 Å². The number of aromatic amines is 1. The van der Waals surface area contributed by atoms with Gasteiger partial charge in [0.05, 0.1) is 30.6 Å². The molecule has 0 spiro atoms. The minimum absolute atomic E-state index is 0.0398. The number of carboxylic acids is 2. The van der Waals surface area contributed by atoms with Crippen molar-refractivity contribution in [3.63, 3.8) is 0 Å². The monoisotopic (exact) mass is 363 g/mol. The third-order valence-corrected chi connectivity index (χ3v) is 4.24. The van der Waals surface area contributed by atoms with Gasteiger partial charge in [-0.05, 0) is 26.8 Å². The quantitative estimate of drug-likeness (QED) is 0.579. The SMILES string of the molecule is Cc1cc(O)c([C@H](CC(=O)O)c2c(C)nn(CCC(=O)O)c2C)c(=O)[nH]1. The Morgan fingerprint density at radius 3 is 2.38 bits per heavy atom. The van der Waals surface area contributed by atoms with Crippen LogP contribution in [0.4, 0.5) is 0 Å². The number of H-pyrrole nitrogens is 1. The number of aromatic hydroxyl groups is 1. The fourth-order valence-corrected chi connectivity index (χ4v) is 3.18.